The van der Waals surface area contributed by atoms with Crippen LogP contribution in [0.15, 0.2) is 0 Å². The van der Waals surface area contributed by atoms with Gasteiger partial charge in [-0.3, -0.25) is 4.79 Å². The van der Waals surface area contributed by atoms with Crippen LogP contribution < -0.4 is 0 Å². The molecular weight excluding hydrogens is 176 g/mol. The van der Waals surface area contributed by atoms with Gasteiger partial charge in [0, 0.05) is 0 Å². The lowest BCUT2D eigenvalue weighted by Crippen LogP contribution is -2.38. The number of rotatable bonds is 2. The lowest BCUT2D eigenvalue weighted by molar-refractivity contribution is -0.148. The van der Waals surface area contributed by atoms with Gasteiger partial charge in [-0.1, -0.05) is 27.7 Å². The third-order valence-electron chi connectivity index (χ3n) is 3.64. The summed E-state index contributed by atoms with van der Waals surface area (Å²) in [6.07, 6.45) is 2.05. The average molecular weight is 198 g/mol. The van der Waals surface area contributed by atoms with Crippen molar-refractivity contribution in [3.8, 4) is 0 Å². The predicted molar refractivity (Wildman–Crippen MR) is 57.0 cm³/mol. The van der Waals surface area contributed by atoms with Crippen LogP contribution in [0.4, 0.5) is 0 Å². The monoisotopic (exact) mass is 198 g/mol. The fourth-order valence-corrected chi connectivity index (χ4v) is 3.26. The Balaban J connectivity index is 2.80. The van der Waals surface area contributed by atoms with Gasteiger partial charge in [0.05, 0.1) is 5.92 Å². The molecule has 1 rings (SSSR count). The molecule has 1 saturated carbocycles. The molecule has 0 aromatic rings. The zero-order valence-electron chi connectivity index (χ0n) is 9.66. The molecular formula is C12H22O2. The maximum atomic E-state index is 11.2. The van der Waals surface area contributed by atoms with E-state index in [0.717, 1.165) is 6.42 Å². The Bertz CT molecular complexity index is 210. The largest absolute Gasteiger partial charge is 0.481 e. The van der Waals surface area contributed by atoms with Gasteiger partial charge < -0.3 is 5.11 Å². The molecule has 82 valence electrons. The fraction of sp³-hybridized carbons (Fsp3) is 0.917. The molecule has 0 heterocycles. The van der Waals surface area contributed by atoms with Crippen LogP contribution in [0, 0.1) is 29.6 Å². The summed E-state index contributed by atoms with van der Waals surface area (Å²) >= 11 is 0. The van der Waals surface area contributed by atoms with Crippen LogP contribution in [0.5, 0.6) is 0 Å². The van der Waals surface area contributed by atoms with Crippen LogP contribution in [0.25, 0.3) is 0 Å². The summed E-state index contributed by atoms with van der Waals surface area (Å²) in [7, 11) is 0. The van der Waals surface area contributed by atoms with E-state index in [1.165, 1.54) is 6.42 Å². The molecule has 2 heteroatoms. The summed E-state index contributed by atoms with van der Waals surface area (Å²) in [5.74, 6) is 1.26. The van der Waals surface area contributed by atoms with Gasteiger partial charge in [-0.05, 0) is 36.5 Å². The molecule has 14 heavy (non-hydrogen) atoms. The van der Waals surface area contributed by atoms with E-state index < -0.39 is 5.97 Å². The summed E-state index contributed by atoms with van der Waals surface area (Å²) in [4.78, 5) is 11.2. The minimum Gasteiger partial charge on any atom is -0.481 e. The number of hydrogen-bond donors (Lipinski definition) is 1. The van der Waals surface area contributed by atoms with Crippen molar-refractivity contribution < 1.29 is 9.90 Å². The van der Waals surface area contributed by atoms with Crippen LogP contribution in [0.2, 0.25) is 0 Å². The molecule has 1 aliphatic rings. The van der Waals surface area contributed by atoms with Crippen LogP contribution >= 0.6 is 0 Å². The maximum Gasteiger partial charge on any atom is 0.306 e. The van der Waals surface area contributed by atoms with Crippen molar-refractivity contribution in [3.63, 3.8) is 0 Å². The van der Waals surface area contributed by atoms with E-state index in [4.69, 9.17) is 0 Å². The third-order valence-corrected chi connectivity index (χ3v) is 3.64. The highest BCUT2D eigenvalue weighted by Crippen LogP contribution is 2.41. The number of carboxylic acid groups (broad SMARTS) is 1. The zero-order valence-corrected chi connectivity index (χ0v) is 9.66. The van der Waals surface area contributed by atoms with Crippen LogP contribution in [0.3, 0.4) is 0 Å². The predicted octanol–water partition coefficient (Wildman–Crippen LogP) is 3.03. The molecule has 2 nitrogen and oxygen atoms in total. The van der Waals surface area contributed by atoms with E-state index in [9.17, 15) is 9.90 Å². The second-order valence-electron chi connectivity index (χ2n) is 5.32. The molecule has 0 spiro atoms. The van der Waals surface area contributed by atoms with Crippen molar-refractivity contribution in [1.82, 2.24) is 0 Å². The number of aliphatic carboxylic acids is 1. The molecule has 0 radical (unpaired) electrons. The number of carboxylic acids is 1. The molecule has 1 N–H and O–H groups in total. The van der Waals surface area contributed by atoms with Gasteiger partial charge in [-0.2, -0.15) is 0 Å². The summed E-state index contributed by atoms with van der Waals surface area (Å²) < 4.78 is 0. The van der Waals surface area contributed by atoms with Crippen molar-refractivity contribution in [3.05, 3.63) is 0 Å². The normalized spacial score (nSPS) is 38.6. The summed E-state index contributed by atoms with van der Waals surface area (Å²) in [6, 6.07) is 0. The minimum absolute atomic E-state index is 0.117. The van der Waals surface area contributed by atoms with E-state index in [-0.39, 0.29) is 5.92 Å². The standard InChI is InChI=1S/C12H22O2/c1-7(2)11-9(4)5-8(3)6-10(11)12(13)14/h7-11H,5-6H2,1-4H3,(H,13,14). The highest BCUT2D eigenvalue weighted by atomic mass is 16.4. The van der Waals surface area contributed by atoms with E-state index in [1.807, 2.05) is 0 Å². The molecule has 0 amide bonds. The first-order valence-electron chi connectivity index (χ1n) is 5.66. The summed E-state index contributed by atoms with van der Waals surface area (Å²) in [6.45, 7) is 8.67. The Morgan fingerprint density at radius 2 is 1.86 bits per heavy atom. The van der Waals surface area contributed by atoms with Crippen LogP contribution in [-0.4, -0.2) is 11.1 Å². The van der Waals surface area contributed by atoms with Crippen molar-refractivity contribution in [1.29, 1.82) is 0 Å². The van der Waals surface area contributed by atoms with Crippen molar-refractivity contribution in [2.75, 3.05) is 0 Å². The number of hydrogen-bond acceptors (Lipinski definition) is 1. The highest BCUT2D eigenvalue weighted by molar-refractivity contribution is 5.70. The Morgan fingerprint density at radius 1 is 1.29 bits per heavy atom. The Morgan fingerprint density at radius 3 is 2.29 bits per heavy atom. The molecule has 1 fully saturated rings. The second kappa shape index (κ2) is 4.33. The lowest BCUT2D eigenvalue weighted by atomic mass is 9.65. The average Bonchev–Trinajstić information content (AvgIpc) is 2.01. The molecule has 0 saturated heterocycles. The van der Waals surface area contributed by atoms with E-state index in [1.54, 1.807) is 0 Å². The van der Waals surface area contributed by atoms with E-state index >= 15 is 0 Å². The van der Waals surface area contributed by atoms with Gasteiger partial charge >= 0.3 is 5.97 Å². The number of carbonyl (C=O) groups is 1. The van der Waals surface area contributed by atoms with Crippen molar-refractivity contribution >= 4 is 5.97 Å². The molecule has 4 unspecified atom stereocenters. The molecule has 0 bridgehead atoms. The van der Waals surface area contributed by atoms with Crippen molar-refractivity contribution in [2.45, 2.75) is 40.5 Å². The Kier molecular flexibility index (Phi) is 3.57. The third kappa shape index (κ3) is 2.28. The van der Waals surface area contributed by atoms with Gasteiger partial charge in [-0.25, -0.2) is 0 Å². The van der Waals surface area contributed by atoms with Gasteiger partial charge in [0.1, 0.15) is 0 Å². The summed E-state index contributed by atoms with van der Waals surface area (Å²) in [5, 5.41) is 9.19. The second-order valence-corrected chi connectivity index (χ2v) is 5.32. The highest BCUT2D eigenvalue weighted by Gasteiger charge is 2.39. The summed E-state index contributed by atoms with van der Waals surface area (Å²) in [5.41, 5.74) is 0. The van der Waals surface area contributed by atoms with Crippen LogP contribution in [-0.2, 0) is 4.79 Å². The smallest absolute Gasteiger partial charge is 0.306 e. The first-order valence-corrected chi connectivity index (χ1v) is 5.66. The molecule has 1 aliphatic carbocycles. The van der Waals surface area contributed by atoms with Gasteiger partial charge in [-0.15, -0.1) is 0 Å². The molecule has 0 aromatic carbocycles. The zero-order chi connectivity index (χ0) is 10.9. The van der Waals surface area contributed by atoms with Crippen molar-refractivity contribution in [2.24, 2.45) is 29.6 Å². The Labute approximate surface area is 86.7 Å². The van der Waals surface area contributed by atoms with E-state index in [2.05, 4.69) is 27.7 Å². The van der Waals surface area contributed by atoms with Gasteiger partial charge in [0.25, 0.3) is 0 Å². The maximum absolute atomic E-state index is 11.2. The SMILES string of the molecule is CC1CC(C)C(C(C)C)C(C(=O)O)C1. The first-order chi connectivity index (χ1) is 6.43. The topological polar surface area (TPSA) is 37.3 Å². The van der Waals surface area contributed by atoms with Gasteiger partial charge in [0.15, 0.2) is 0 Å². The molecule has 0 aromatic heterocycles. The molecule has 4 atom stereocenters. The molecule has 0 aliphatic heterocycles. The van der Waals surface area contributed by atoms with Gasteiger partial charge in [0.2, 0.25) is 0 Å². The van der Waals surface area contributed by atoms with Crippen LogP contribution in [0.1, 0.15) is 40.5 Å². The first kappa shape index (κ1) is 11.5. The Hall–Kier alpha value is -0.530. The fourth-order valence-electron chi connectivity index (χ4n) is 3.26. The lowest BCUT2D eigenvalue weighted by Gasteiger charge is -2.39. The van der Waals surface area contributed by atoms with E-state index in [0.29, 0.717) is 23.7 Å². The quantitative estimate of drug-likeness (QED) is 0.740. The minimum atomic E-state index is -0.595.